The average molecular weight is 662 g/mol. The Hall–Kier alpha value is -0.800. The molecule has 5 fully saturated rings. The third-order valence-electron chi connectivity index (χ3n) is 9.35. The van der Waals surface area contributed by atoms with Crippen molar-refractivity contribution in [2.75, 3.05) is 19.8 Å². The molecule has 21 atom stereocenters. The van der Waals surface area contributed by atoms with Gasteiger partial charge in [0, 0.05) is 0 Å². The first-order valence-electron chi connectivity index (χ1n) is 14.6. The van der Waals surface area contributed by atoms with E-state index in [2.05, 4.69) is 5.32 Å². The van der Waals surface area contributed by atoms with Crippen LogP contribution in [0.1, 0.15) is 6.92 Å². The van der Waals surface area contributed by atoms with Gasteiger partial charge in [-0.25, -0.2) is 0 Å². The fourth-order valence-electron chi connectivity index (χ4n) is 6.58. The predicted molar refractivity (Wildman–Crippen MR) is 137 cm³/mol. The molecule has 45 heavy (non-hydrogen) atoms. The molecule has 262 valence electrons. The molecule has 0 aromatic rings. The van der Waals surface area contributed by atoms with Gasteiger partial charge in [0.2, 0.25) is 0 Å². The first-order chi connectivity index (χ1) is 21.2. The first kappa shape index (κ1) is 35.5. The van der Waals surface area contributed by atoms with E-state index in [0.717, 1.165) is 0 Å². The Kier molecular flexibility index (Phi) is 10.7. The predicted octanol–water partition coefficient (Wildman–Crippen LogP) is -9.35. The monoisotopic (exact) mass is 661 g/mol. The lowest BCUT2D eigenvalue weighted by molar-refractivity contribution is -0.345. The van der Waals surface area contributed by atoms with E-state index in [1.54, 1.807) is 0 Å². The quantitative estimate of drug-likeness (QED) is 0.102. The summed E-state index contributed by atoms with van der Waals surface area (Å²) in [6.07, 6.45) is -28.9. The lowest BCUT2D eigenvalue weighted by Crippen LogP contribution is -2.71. The van der Waals surface area contributed by atoms with Crippen molar-refractivity contribution in [1.82, 2.24) is 5.32 Å². The highest BCUT2D eigenvalue weighted by atomic mass is 16.7. The summed E-state index contributed by atoms with van der Waals surface area (Å²) >= 11 is 0. The lowest BCUT2D eigenvalue weighted by atomic mass is 9.78. The Morgan fingerprint density at radius 1 is 0.600 bits per heavy atom. The van der Waals surface area contributed by atoms with Gasteiger partial charge >= 0.3 is 0 Å². The van der Waals surface area contributed by atoms with Gasteiger partial charge in [0.05, 0.1) is 38.0 Å². The highest BCUT2D eigenvalue weighted by molar-refractivity contribution is 5.22. The zero-order valence-corrected chi connectivity index (χ0v) is 23.9. The Morgan fingerprint density at radius 2 is 1.20 bits per heavy atom. The average Bonchev–Trinajstić information content (AvgIpc) is 3.77. The number of aliphatic hydroxyl groups is 13. The second-order valence-corrected chi connectivity index (χ2v) is 12.1. The first-order valence-corrected chi connectivity index (χ1v) is 14.6. The Bertz CT molecular complexity index is 996. The van der Waals surface area contributed by atoms with E-state index in [4.69, 9.17) is 28.4 Å². The largest absolute Gasteiger partial charge is 0.394 e. The standard InChI is InChI=1S/C25H43NO19/c1-5-8(11(31)17(37)23(40-5)43-19-7(3-28)41-22(39)16(36)14(19)34)26-9-12(32)15(35)21(25(4-29)20(9)45-25)44-24-18(38)13(33)10(30)6(2-27)42-24/h5-24,26-39H,2-4H2,1H3. The summed E-state index contributed by atoms with van der Waals surface area (Å²) in [5, 5.41) is 137. The van der Waals surface area contributed by atoms with Gasteiger partial charge in [0.15, 0.2) is 18.9 Å². The molecule has 0 amide bonds. The molecule has 5 aliphatic rings. The Balaban J connectivity index is 1.26. The maximum Gasteiger partial charge on any atom is 0.187 e. The summed E-state index contributed by atoms with van der Waals surface area (Å²) in [5.41, 5.74) is -1.68. The van der Waals surface area contributed by atoms with Crippen LogP contribution < -0.4 is 5.32 Å². The number of epoxide rings is 1. The number of hydrogen-bond acceptors (Lipinski definition) is 20. The molecule has 1 saturated carbocycles. The molecule has 4 heterocycles. The SMILES string of the molecule is CC1OC(OC2C(CO)OC(O)C(O)C2O)C(O)C(O)C1NC1C(O)C(O)C(OC2OC(CO)C(O)C(O)C2O)C2(CO)OC12. The van der Waals surface area contributed by atoms with Crippen molar-refractivity contribution in [2.45, 2.75) is 135 Å². The minimum atomic E-state index is -1.84. The summed E-state index contributed by atoms with van der Waals surface area (Å²) in [4.78, 5) is 0. The summed E-state index contributed by atoms with van der Waals surface area (Å²) in [5.74, 6) is 0. The molecule has 4 saturated heterocycles. The number of aliphatic hydroxyl groups excluding tert-OH is 13. The van der Waals surface area contributed by atoms with Crippen molar-refractivity contribution in [3.8, 4) is 0 Å². The fourth-order valence-corrected chi connectivity index (χ4v) is 6.58. The van der Waals surface area contributed by atoms with Crippen LogP contribution in [0.5, 0.6) is 0 Å². The van der Waals surface area contributed by atoms with Crippen LogP contribution in [0.15, 0.2) is 0 Å². The Labute approximate surface area is 255 Å². The minimum absolute atomic E-state index is 0.742. The molecular formula is C25H43NO19. The van der Waals surface area contributed by atoms with Crippen LogP contribution in [0, 0.1) is 0 Å². The van der Waals surface area contributed by atoms with Crippen LogP contribution in [0.25, 0.3) is 0 Å². The maximum absolute atomic E-state index is 11.1. The lowest BCUT2D eigenvalue weighted by Gasteiger charge is -2.48. The fraction of sp³-hybridized carbons (Fsp3) is 1.00. The molecule has 0 bridgehead atoms. The van der Waals surface area contributed by atoms with Crippen molar-refractivity contribution in [3.05, 3.63) is 0 Å². The minimum Gasteiger partial charge on any atom is -0.394 e. The van der Waals surface area contributed by atoms with Crippen LogP contribution in [0.2, 0.25) is 0 Å². The molecular weight excluding hydrogens is 618 g/mol. The zero-order valence-electron chi connectivity index (χ0n) is 23.9. The van der Waals surface area contributed by atoms with Gasteiger partial charge in [-0.05, 0) is 6.92 Å². The second-order valence-electron chi connectivity index (χ2n) is 12.1. The van der Waals surface area contributed by atoms with Gasteiger partial charge in [-0.3, -0.25) is 0 Å². The van der Waals surface area contributed by atoms with Gasteiger partial charge in [0.25, 0.3) is 0 Å². The molecule has 14 N–H and O–H groups in total. The van der Waals surface area contributed by atoms with Gasteiger partial charge in [-0.15, -0.1) is 0 Å². The van der Waals surface area contributed by atoms with E-state index in [1.165, 1.54) is 6.92 Å². The van der Waals surface area contributed by atoms with Gasteiger partial charge in [-0.2, -0.15) is 0 Å². The molecule has 5 rings (SSSR count). The molecule has 20 heteroatoms. The number of rotatable bonds is 9. The number of ether oxygens (including phenoxy) is 6. The third-order valence-corrected chi connectivity index (χ3v) is 9.35. The van der Waals surface area contributed by atoms with E-state index in [0.29, 0.717) is 0 Å². The highest BCUT2D eigenvalue weighted by Gasteiger charge is 2.73. The summed E-state index contributed by atoms with van der Waals surface area (Å²) in [6, 6.07) is -2.37. The second kappa shape index (κ2) is 13.6. The molecule has 4 aliphatic heterocycles. The van der Waals surface area contributed by atoms with E-state index in [9.17, 15) is 66.4 Å². The van der Waals surface area contributed by atoms with E-state index in [-0.39, 0.29) is 0 Å². The smallest absolute Gasteiger partial charge is 0.187 e. The Morgan fingerprint density at radius 3 is 1.82 bits per heavy atom. The molecule has 1 aliphatic carbocycles. The van der Waals surface area contributed by atoms with Crippen LogP contribution in [-0.2, 0) is 28.4 Å². The number of hydrogen-bond donors (Lipinski definition) is 14. The van der Waals surface area contributed by atoms with E-state index >= 15 is 0 Å². The van der Waals surface area contributed by atoms with Crippen LogP contribution in [-0.4, -0.2) is 214 Å². The molecule has 0 radical (unpaired) electrons. The molecule has 0 spiro atoms. The van der Waals surface area contributed by atoms with Gasteiger partial charge in [-0.1, -0.05) is 0 Å². The van der Waals surface area contributed by atoms with Crippen molar-refractivity contribution in [3.63, 3.8) is 0 Å². The van der Waals surface area contributed by atoms with E-state index < -0.39 is 148 Å². The molecule has 0 aromatic heterocycles. The topological polar surface area (TPSA) is 334 Å². The van der Waals surface area contributed by atoms with Crippen molar-refractivity contribution in [1.29, 1.82) is 0 Å². The number of fused-ring (bicyclic) bond motifs is 1. The summed E-state index contributed by atoms with van der Waals surface area (Å²) in [7, 11) is 0. The van der Waals surface area contributed by atoms with Crippen molar-refractivity contribution < 1.29 is 94.8 Å². The summed E-state index contributed by atoms with van der Waals surface area (Å²) < 4.78 is 33.0. The number of nitrogens with one attached hydrogen (secondary N) is 1. The van der Waals surface area contributed by atoms with Crippen LogP contribution >= 0.6 is 0 Å². The third kappa shape index (κ3) is 6.15. The van der Waals surface area contributed by atoms with Crippen LogP contribution in [0.3, 0.4) is 0 Å². The zero-order chi connectivity index (χ0) is 33.1. The van der Waals surface area contributed by atoms with Crippen LogP contribution in [0.4, 0.5) is 0 Å². The van der Waals surface area contributed by atoms with Crippen molar-refractivity contribution in [2.24, 2.45) is 0 Å². The van der Waals surface area contributed by atoms with Crippen molar-refractivity contribution >= 4 is 0 Å². The highest BCUT2D eigenvalue weighted by Crippen LogP contribution is 2.50. The van der Waals surface area contributed by atoms with Gasteiger partial charge in [0.1, 0.15) is 91.1 Å². The molecule has 0 aromatic carbocycles. The molecule has 21 unspecified atom stereocenters. The normalized spacial score (nSPS) is 56.9. The van der Waals surface area contributed by atoms with Gasteiger partial charge < -0.3 is 100 Å². The van der Waals surface area contributed by atoms with E-state index in [1.807, 2.05) is 0 Å². The molecule has 20 nitrogen and oxygen atoms in total. The maximum atomic E-state index is 11.1. The summed E-state index contributed by atoms with van der Waals surface area (Å²) in [6.45, 7) is -0.797.